The lowest BCUT2D eigenvalue weighted by Crippen LogP contribution is -2.49. The summed E-state index contributed by atoms with van der Waals surface area (Å²) in [5.41, 5.74) is 1.32. The molecule has 7 nitrogen and oxygen atoms in total. The van der Waals surface area contributed by atoms with Gasteiger partial charge in [-0.1, -0.05) is 33.9 Å². The quantitative estimate of drug-likeness (QED) is 0.612. The van der Waals surface area contributed by atoms with Crippen LogP contribution in [0.2, 0.25) is 18.1 Å². The minimum absolute atomic E-state index is 0.0662. The summed E-state index contributed by atoms with van der Waals surface area (Å²) in [7, 11) is -0.370. The van der Waals surface area contributed by atoms with Crippen LogP contribution < -0.4 is 5.38 Å². The summed E-state index contributed by atoms with van der Waals surface area (Å²) in [5.74, 6) is 1.73. The zero-order valence-corrected chi connectivity index (χ0v) is 20.2. The zero-order valence-electron chi connectivity index (χ0n) is 19.2. The number of aromatic nitrogens is 2. The molecule has 0 N–H and O–H groups in total. The Bertz CT molecular complexity index is 951. The molecule has 0 radical (unpaired) electrons. The molecule has 0 bridgehead atoms. The van der Waals surface area contributed by atoms with Crippen molar-refractivity contribution in [1.82, 2.24) is 9.97 Å². The molecule has 30 heavy (non-hydrogen) atoms. The number of rotatable bonds is 6. The van der Waals surface area contributed by atoms with Crippen LogP contribution in [0.5, 0.6) is 0 Å². The van der Waals surface area contributed by atoms with E-state index in [1.54, 1.807) is 20.3 Å². The molecule has 2 atom stereocenters. The molecule has 0 unspecified atom stereocenters. The molecule has 1 aliphatic heterocycles. The number of ketones is 1. The van der Waals surface area contributed by atoms with Crippen molar-refractivity contribution in [3.05, 3.63) is 29.7 Å². The third kappa shape index (κ3) is 4.44. The summed E-state index contributed by atoms with van der Waals surface area (Å²) in [6.07, 6.45) is 3.37. The van der Waals surface area contributed by atoms with Crippen molar-refractivity contribution in [3.8, 4) is 11.6 Å². The standard InChI is InChI=1S/C22H32N2O5Si/c1-13-9-15(25)10-16(28-13)11-18(26-6)17-12-27-20(24-17)19-21(29-14(2)23-19)30(7,8)22(3,4)5/h9,12,16,18H,10-11H2,1-8H3/t16-,18-/m1/s1. The molecule has 0 fully saturated rings. The molecule has 0 aliphatic carbocycles. The third-order valence-electron chi connectivity index (χ3n) is 6.14. The highest BCUT2D eigenvalue weighted by atomic mass is 28.3. The predicted molar refractivity (Wildman–Crippen MR) is 116 cm³/mol. The van der Waals surface area contributed by atoms with Crippen LogP contribution in [0.15, 0.2) is 26.9 Å². The number of allylic oxidation sites excluding steroid dienone is 2. The molecule has 2 aromatic rings. The van der Waals surface area contributed by atoms with Crippen molar-refractivity contribution in [1.29, 1.82) is 0 Å². The van der Waals surface area contributed by atoms with Crippen molar-refractivity contribution in [2.75, 3.05) is 7.11 Å². The maximum Gasteiger partial charge on any atom is 0.248 e. The van der Waals surface area contributed by atoms with E-state index in [4.69, 9.17) is 18.3 Å². The number of carbonyl (C=O) groups excluding carboxylic acids is 1. The molecule has 0 saturated carbocycles. The summed E-state index contributed by atoms with van der Waals surface area (Å²) in [6.45, 7) is 14.8. The molecule has 164 valence electrons. The average Bonchev–Trinajstić information content (AvgIpc) is 3.24. The summed E-state index contributed by atoms with van der Waals surface area (Å²) < 4.78 is 23.3. The van der Waals surface area contributed by atoms with E-state index in [1.807, 2.05) is 6.92 Å². The predicted octanol–water partition coefficient (Wildman–Crippen LogP) is 4.69. The van der Waals surface area contributed by atoms with Crippen molar-refractivity contribution in [3.63, 3.8) is 0 Å². The van der Waals surface area contributed by atoms with E-state index >= 15 is 0 Å². The molecule has 3 rings (SSSR count). The van der Waals surface area contributed by atoms with Crippen molar-refractivity contribution >= 4 is 19.2 Å². The van der Waals surface area contributed by atoms with Crippen LogP contribution in [-0.4, -0.2) is 37.0 Å². The number of carbonyl (C=O) groups is 1. The van der Waals surface area contributed by atoms with Gasteiger partial charge in [0, 0.05) is 33.0 Å². The molecule has 0 aromatic carbocycles. The van der Waals surface area contributed by atoms with Crippen molar-refractivity contribution in [2.24, 2.45) is 0 Å². The second-order valence-electron chi connectivity index (χ2n) is 9.49. The maximum atomic E-state index is 11.8. The molecule has 8 heteroatoms. The normalized spacial score (nSPS) is 18.9. The van der Waals surface area contributed by atoms with Gasteiger partial charge in [-0.05, 0) is 12.0 Å². The first-order chi connectivity index (χ1) is 13.9. The van der Waals surface area contributed by atoms with Crippen LogP contribution in [0.1, 0.15) is 58.2 Å². The van der Waals surface area contributed by atoms with Gasteiger partial charge in [-0.15, -0.1) is 0 Å². The van der Waals surface area contributed by atoms with Crippen molar-refractivity contribution in [2.45, 2.75) is 77.8 Å². The van der Waals surface area contributed by atoms with Gasteiger partial charge in [-0.25, -0.2) is 9.97 Å². The topological polar surface area (TPSA) is 87.6 Å². The lowest BCUT2D eigenvalue weighted by molar-refractivity contribution is -0.119. The van der Waals surface area contributed by atoms with E-state index in [0.717, 1.165) is 5.38 Å². The molecule has 1 aliphatic rings. The van der Waals surface area contributed by atoms with Gasteiger partial charge in [-0.3, -0.25) is 4.79 Å². The number of hydrogen-bond acceptors (Lipinski definition) is 7. The van der Waals surface area contributed by atoms with E-state index in [9.17, 15) is 4.79 Å². The van der Waals surface area contributed by atoms with Gasteiger partial charge >= 0.3 is 0 Å². The van der Waals surface area contributed by atoms with Gasteiger partial charge in [0.25, 0.3) is 0 Å². The Balaban J connectivity index is 1.88. The fraction of sp³-hybridized carbons (Fsp3) is 0.591. The molecule has 0 amide bonds. The number of oxazole rings is 2. The molecular formula is C22H32N2O5Si. The van der Waals surface area contributed by atoms with E-state index < -0.39 is 8.07 Å². The first kappa shape index (κ1) is 22.5. The first-order valence-corrected chi connectivity index (χ1v) is 13.3. The minimum Gasteiger partial charge on any atom is -0.494 e. The Morgan fingerprint density at radius 2 is 1.97 bits per heavy atom. The lowest BCUT2D eigenvalue weighted by atomic mass is 10.0. The van der Waals surface area contributed by atoms with Crippen LogP contribution in [0.3, 0.4) is 0 Å². The second-order valence-corrected chi connectivity index (χ2v) is 14.7. The molecule has 3 heterocycles. The van der Waals surface area contributed by atoms with Crippen LogP contribution >= 0.6 is 0 Å². The van der Waals surface area contributed by atoms with Crippen LogP contribution in [0.4, 0.5) is 0 Å². The largest absolute Gasteiger partial charge is 0.494 e. The summed E-state index contributed by atoms with van der Waals surface area (Å²) >= 11 is 0. The lowest BCUT2D eigenvalue weighted by Gasteiger charge is -2.34. The van der Waals surface area contributed by atoms with E-state index in [2.05, 4.69) is 43.8 Å². The smallest absolute Gasteiger partial charge is 0.248 e. The monoisotopic (exact) mass is 432 g/mol. The van der Waals surface area contributed by atoms with E-state index in [1.165, 1.54) is 6.08 Å². The zero-order chi connectivity index (χ0) is 22.3. The second kappa shape index (κ2) is 8.15. The van der Waals surface area contributed by atoms with Crippen molar-refractivity contribution < 1.29 is 23.1 Å². The SMILES string of the molecule is CO[C@H](C[C@H]1CC(=O)C=C(C)O1)c1coc(-c2nc(C)oc2[Si](C)(C)C(C)(C)C)n1. The first-order valence-electron chi connectivity index (χ1n) is 10.3. The molecular weight excluding hydrogens is 400 g/mol. The molecule has 0 saturated heterocycles. The fourth-order valence-corrected chi connectivity index (χ4v) is 5.27. The molecule has 0 spiro atoms. The number of nitrogens with zero attached hydrogens (tertiary/aromatic N) is 2. The fourth-order valence-electron chi connectivity index (χ4n) is 3.44. The van der Waals surface area contributed by atoms with Gasteiger partial charge in [0.05, 0.1) is 5.76 Å². The average molecular weight is 433 g/mol. The highest BCUT2D eigenvalue weighted by Crippen LogP contribution is 2.38. The maximum absolute atomic E-state index is 11.8. The highest BCUT2D eigenvalue weighted by molar-refractivity contribution is 6.92. The van der Waals surface area contributed by atoms with Gasteiger partial charge < -0.3 is 18.3 Å². The number of aryl methyl sites for hydroxylation is 1. The third-order valence-corrected chi connectivity index (χ3v) is 11.4. The van der Waals surface area contributed by atoms with Gasteiger partial charge in [0.15, 0.2) is 17.4 Å². The highest BCUT2D eigenvalue weighted by Gasteiger charge is 2.43. The van der Waals surface area contributed by atoms with Crippen LogP contribution in [-0.2, 0) is 14.3 Å². The van der Waals surface area contributed by atoms with Gasteiger partial charge in [-0.2, -0.15) is 0 Å². The Morgan fingerprint density at radius 3 is 2.57 bits per heavy atom. The summed E-state index contributed by atoms with van der Waals surface area (Å²) in [5, 5.41) is 0.964. The Hall–Kier alpha value is -2.19. The Labute approximate surface area is 178 Å². The Kier molecular flexibility index (Phi) is 6.11. The molecule has 2 aromatic heterocycles. The van der Waals surface area contributed by atoms with Gasteiger partial charge in [0.1, 0.15) is 37.6 Å². The number of hydrogen-bond donors (Lipinski definition) is 0. The van der Waals surface area contributed by atoms with E-state index in [0.29, 0.717) is 41.8 Å². The van der Waals surface area contributed by atoms with E-state index in [-0.39, 0.29) is 23.0 Å². The summed E-state index contributed by atoms with van der Waals surface area (Å²) in [6, 6.07) is 0. The Morgan fingerprint density at radius 1 is 1.27 bits per heavy atom. The van der Waals surface area contributed by atoms with Gasteiger partial charge in [0.2, 0.25) is 5.89 Å². The number of methoxy groups -OCH3 is 1. The summed E-state index contributed by atoms with van der Waals surface area (Å²) in [4.78, 5) is 21.1. The minimum atomic E-state index is -1.99. The number of ether oxygens (including phenoxy) is 2. The van der Waals surface area contributed by atoms with Crippen LogP contribution in [0.25, 0.3) is 11.6 Å². The van der Waals surface area contributed by atoms with Crippen LogP contribution in [0, 0.1) is 6.92 Å².